The van der Waals surface area contributed by atoms with Gasteiger partial charge in [0.15, 0.2) is 5.15 Å². The van der Waals surface area contributed by atoms with Crippen molar-refractivity contribution in [2.45, 2.75) is 13.1 Å². The first-order valence-corrected chi connectivity index (χ1v) is 5.43. The standard InChI is InChI=1S/C12H8ClF3N2/c1-7-5-10(17-18-11(7)13)8-3-2-4-9(6-8)12(14,15)16/h2-6H,1H3. The first-order chi connectivity index (χ1) is 8.38. The lowest BCUT2D eigenvalue weighted by molar-refractivity contribution is -0.137. The fourth-order valence-corrected chi connectivity index (χ4v) is 1.56. The van der Waals surface area contributed by atoms with Crippen LogP contribution in [0, 0.1) is 6.92 Å². The van der Waals surface area contributed by atoms with Crippen LogP contribution in [0.3, 0.4) is 0 Å². The van der Waals surface area contributed by atoms with Gasteiger partial charge in [-0.15, -0.1) is 10.2 Å². The van der Waals surface area contributed by atoms with Gasteiger partial charge in [-0.05, 0) is 30.7 Å². The summed E-state index contributed by atoms with van der Waals surface area (Å²) in [5, 5.41) is 7.71. The normalized spacial score (nSPS) is 11.6. The molecule has 0 fully saturated rings. The monoisotopic (exact) mass is 272 g/mol. The van der Waals surface area contributed by atoms with E-state index in [1.807, 2.05) is 0 Å². The zero-order valence-electron chi connectivity index (χ0n) is 9.29. The van der Waals surface area contributed by atoms with E-state index in [0.29, 0.717) is 16.8 Å². The number of aryl methyl sites for hydroxylation is 1. The Kier molecular flexibility index (Phi) is 3.26. The molecule has 0 radical (unpaired) electrons. The molecule has 2 nitrogen and oxygen atoms in total. The van der Waals surface area contributed by atoms with E-state index in [0.717, 1.165) is 12.1 Å². The largest absolute Gasteiger partial charge is 0.416 e. The lowest BCUT2D eigenvalue weighted by Gasteiger charge is -2.08. The maximum absolute atomic E-state index is 12.6. The summed E-state index contributed by atoms with van der Waals surface area (Å²) in [7, 11) is 0. The van der Waals surface area contributed by atoms with Crippen molar-refractivity contribution in [2.75, 3.05) is 0 Å². The fourth-order valence-electron chi connectivity index (χ4n) is 1.47. The predicted molar refractivity (Wildman–Crippen MR) is 62.2 cm³/mol. The lowest BCUT2D eigenvalue weighted by Crippen LogP contribution is -2.04. The second kappa shape index (κ2) is 4.57. The minimum absolute atomic E-state index is 0.241. The van der Waals surface area contributed by atoms with Crippen molar-refractivity contribution in [3.05, 3.63) is 46.6 Å². The molecule has 1 heterocycles. The maximum Gasteiger partial charge on any atom is 0.416 e. The van der Waals surface area contributed by atoms with Crippen molar-refractivity contribution in [1.29, 1.82) is 0 Å². The summed E-state index contributed by atoms with van der Waals surface area (Å²) < 4.78 is 37.7. The molecule has 1 aromatic carbocycles. The van der Waals surface area contributed by atoms with Gasteiger partial charge in [0.1, 0.15) is 0 Å². The number of hydrogen-bond acceptors (Lipinski definition) is 2. The van der Waals surface area contributed by atoms with Gasteiger partial charge in [0.25, 0.3) is 0 Å². The Labute approximate surface area is 106 Å². The van der Waals surface area contributed by atoms with Crippen LogP contribution in [0.25, 0.3) is 11.3 Å². The average Bonchev–Trinajstić information content (AvgIpc) is 2.32. The highest BCUT2D eigenvalue weighted by molar-refractivity contribution is 6.30. The first kappa shape index (κ1) is 12.8. The Morgan fingerprint density at radius 2 is 1.83 bits per heavy atom. The van der Waals surface area contributed by atoms with Crippen molar-refractivity contribution in [3.63, 3.8) is 0 Å². The van der Waals surface area contributed by atoms with Crippen LogP contribution in [-0.4, -0.2) is 10.2 Å². The van der Waals surface area contributed by atoms with Crippen LogP contribution < -0.4 is 0 Å². The molecule has 0 bridgehead atoms. The topological polar surface area (TPSA) is 25.8 Å². The summed E-state index contributed by atoms with van der Waals surface area (Å²) in [6.45, 7) is 1.72. The van der Waals surface area contributed by atoms with E-state index in [4.69, 9.17) is 11.6 Å². The Bertz CT molecular complexity index is 582. The second-order valence-corrected chi connectivity index (χ2v) is 4.14. The molecule has 94 valence electrons. The molecule has 0 amide bonds. The molecule has 0 aliphatic rings. The van der Waals surface area contributed by atoms with Gasteiger partial charge in [-0.25, -0.2) is 0 Å². The minimum atomic E-state index is -4.37. The average molecular weight is 273 g/mol. The summed E-state index contributed by atoms with van der Waals surface area (Å²) in [5.41, 5.74) is 0.675. The zero-order valence-corrected chi connectivity index (χ0v) is 10.0. The summed E-state index contributed by atoms with van der Waals surface area (Å²) in [6, 6.07) is 6.54. The Morgan fingerprint density at radius 1 is 1.11 bits per heavy atom. The molecule has 0 aliphatic carbocycles. The molecular weight excluding hydrogens is 265 g/mol. The Morgan fingerprint density at radius 3 is 2.44 bits per heavy atom. The zero-order chi connectivity index (χ0) is 13.3. The number of aromatic nitrogens is 2. The molecular formula is C12H8ClF3N2. The Balaban J connectivity index is 2.48. The van der Waals surface area contributed by atoms with Crippen molar-refractivity contribution < 1.29 is 13.2 Å². The van der Waals surface area contributed by atoms with Crippen LogP contribution in [0.5, 0.6) is 0 Å². The smallest absolute Gasteiger partial charge is 0.166 e. The van der Waals surface area contributed by atoms with Gasteiger partial charge >= 0.3 is 6.18 Å². The number of hydrogen-bond donors (Lipinski definition) is 0. The fraction of sp³-hybridized carbons (Fsp3) is 0.167. The van der Waals surface area contributed by atoms with Crippen LogP contribution in [0.15, 0.2) is 30.3 Å². The van der Waals surface area contributed by atoms with Gasteiger partial charge in [-0.2, -0.15) is 13.2 Å². The highest BCUT2D eigenvalue weighted by Gasteiger charge is 2.30. The number of rotatable bonds is 1. The highest BCUT2D eigenvalue weighted by atomic mass is 35.5. The van der Waals surface area contributed by atoms with E-state index >= 15 is 0 Å². The molecule has 1 aromatic heterocycles. The van der Waals surface area contributed by atoms with Gasteiger partial charge in [0, 0.05) is 5.56 Å². The van der Waals surface area contributed by atoms with Crippen LogP contribution in [0.2, 0.25) is 5.15 Å². The summed E-state index contributed by atoms with van der Waals surface area (Å²) in [6.07, 6.45) is -4.37. The van der Waals surface area contributed by atoms with Gasteiger partial charge in [0.05, 0.1) is 11.3 Å². The third-order valence-corrected chi connectivity index (χ3v) is 2.78. The molecule has 0 saturated heterocycles. The summed E-state index contributed by atoms with van der Waals surface area (Å²) in [4.78, 5) is 0. The number of halogens is 4. The van der Waals surface area contributed by atoms with E-state index in [1.54, 1.807) is 19.1 Å². The molecule has 6 heteroatoms. The van der Waals surface area contributed by atoms with Gasteiger partial charge < -0.3 is 0 Å². The molecule has 0 aliphatic heterocycles. The van der Waals surface area contributed by atoms with E-state index in [1.165, 1.54) is 6.07 Å². The quantitative estimate of drug-likeness (QED) is 0.780. The van der Waals surface area contributed by atoms with Gasteiger partial charge in [0.2, 0.25) is 0 Å². The van der Waals surface area contributed by atoms with E-state index < -0.39 is 11.7 Å². The highest BCUT2D eigenvalue weighted by Crippen LogP contribution is 2.31. The third kappa shape index (κ3) is 2.61. The third-order valence-electron chi connectivity index (χ3n) is 2.41. The molecule has 0 spiro atoms. The second-order valence-electron chi connectivity index (χ2n) is 3.78. The predicted octanol–water partition coefficient (Wildman–Crippen LogP) is 4.12. The summed E-state index contributed by atoms with van der Waals surface area (Å²) >= 11 is 5.72. The first-order valence-electron chi connectivity index (χ1n) is 5.05. The molecule has 2 rings (SSSR count). The number of benzene rings is 1. The van der Waals surface area contributed by atoms with E-state index in [-0.39, 0.29) is 5.15 Å². The molecule has 0 atom stereocenters. The van der Waals surface area contributed by atoms with Crippen molar-refractivity contribution >= 4 is 11.6 Å². The molecule has 0 unspecified atom stereocenters. The van der Waals surface area contributed by atoms with Crippen LogP contribution >= 0.6 is 11.6 Å². The number of alkyl halides is 3. The molecule has 0 N–H and O–H groups in total. The molecule has 0 saturated carbocycles. The van der Waals surface area contributed by atoms with Crippen molar-refractivity contribution in [3.8, 4) is 11.3 Å². The van der Waals surface area contributed by atoms with Crippen molar-refractivity contribution in [2.24, 2.45) is 0 Å². The van der Waals surface area contributed by atoms with Crippen LogP contribution in [-0.2, 0) is 6.18 Å². The van der Waals surface area contributed by atoms with Gasteiger partial charge in [-0.1, -0.05) is 23.7 Å². The maximum atomic E-state index is 12.6. The summed E-state index contributed by atoms with van der Waals surface area (Å²) in [5.74, 6) is 0. The molecule has 2 aromatic rings. The van der Waals surface area contributed by atoms with Gasteiger partial charge in [-0.3, -0.25) is 0 Å². The van der Waals surface area contributed by atoms with E-state index in [9.17, 15) is 13.2 Å². The number of nitrogens with zero attached hydrogens (tertiary/aromatic N) is 2. The lowest BCUT2D eigenvalue weighted by atomic mass is 10.1. The SMILES string of the molecule is Cc1cc(-c2cccc(C(F)(F)F)c2)nnc1Cl. The Hall–Kier alpha value is -1.62. The minimum Gasteiger partial charge on any atom is -0.166 e. The molecule has 18 heavy (non-hydrogen) atoms. The van der Waals surface area contributed by atoms with E-state index in [2.05, 4.69) is 10.2 Å². The van der Waals surface area contributed by atoms with Crippen molar-refractivity contribution in [1.82, 2.24) is 10.2 Å². The van der Waals surface area contributed by atoms with Crippen LogP contribution in [0.4, 0.5) is 13.2 Å². The van der Waals surface area contributed by atoms with Crippen LogP contribution in [0.1, 0.15) is 11.1 Å².